The average Bonchev–Trinajstić information content (AvgIpc) is 3.25. The number of nitrogens with zero attached hydrogens (tertiary/aromatic N) is 5. The van der Waals surface area contributed by atoms with Gasteiger partial charge < -0.3 is 4.90 Å². The van der Waals surface area contributed by atoms with Gasteiger partial charge in [-0.3, -0.25) is 23.8 Å². The van der Waals surface area contributed by atoms with E-state index in [0.717, 1.165) is 19.6 Å². The predicted molar refractivity (Wildman–Crippen MR) is 135 cm³/mol. The Morgan fingerprint density at radius 1 is 1.00 bits per heavy atom. The number of halogens is 1. The van der Waals surface area contributed by atoms with Gasteiger partial charge in [0.15, 0.2) is 11.2 Å². The topological polar surface area (TPSA) is 79.2 Å². The van der Waals surface area contributed by atoms with E-state index < -0.39 is 11.2 Å². The summed E-state index contributed by atoms with van der Waals surface area (Å²) in [7, 11) is 1.57. The third-order valence-electron chi connectivity index (χ3n) is 6.40. The molecule has 180 valence electrons. The smallest absolute Gasteiger partial charge is 0.329 e. The largest absolute Gasteiger partial charge is 0.340 e. The number of aromatic amines is 1. The van der Waals surface area contributed by atoms with Crippen LogP contribution >= 0.6 is 0 Å². The molecule has 0 aliphatic carbocycles. The Balaban J connectivity index is 1.41. The Kier molecular flexibility index (Phi) is 6.33. The lowest BCUT2D eigenvalue weighted by molar-refractivity contribution is 0.282. The van der Waals surface area contributed by atoms with Crippen LogP contribution in [0, 0.1) is 5.82 Å². The van der Waals surface area contributed by atoms with Gasteiger partial charge in [-0.2, -0.15) is 4.98 Å². The van der Waals surface area contributed by atoms with Crippen molar-refractivity contribution in [2.75, 3.05) is 37.6 Å². The molecule has 2 aromatic carbocycles. The summed E-state index contributed by atoms with van der Waals surface area (Å²) >= 11 is 0. The van der Waals surface area contributed by atoms with Crippen LogP contribution in [0.5, 0.6) is 0 Å². The fourth-order valence-electron chi connectivity index (χ4n) is 4.44. The molecule has 4 aromatic rings. The molecule has 9 heteroatoms. The molecule has 1 fully saturated rings. The first-order valence-electron chi connectivity index (χ1n) is 11.6. The van der Waals surface area contributed by atoms with E-state index in [1.807, 2.05) is 18.2 Å². The summed E-state index contributed by atoms with van der Waals surface area (Å²) in [5, 5.41) is 0. The van der Waals surface area contributed by atoms with Crippen LogP contribution in [0.1, 0.15) is 11.1 Å². The van der Waals surface area contributed by atoms with Gasteiger partial charge in [0.1, 0.15) is 5.82 Å². The molecular weight excluding hydrogens is 447 g/mol. The summed E-state index contributed by atoms with van der Waals surface area (Å²) < 4.78 is 17.5. The maximum Gasteiger partial charge on any atom is 0.329 e. The van der Waals surface area contributed by atoms with Crippen molar-refractivity contribution in [1.82, 2.24) is 24.0 Å². The summed E-state index contributed by atoms with van der Waals surface area (Å²) in [6.45, 7) is 4.01. The highest BCUT2D eigenvalue weighted by atomic mass is 19.1. The van der Waals surface area contributed by atoms with Gasteiger partial charge in [-0.25, -0.2) is 9.18 Å². The average molecular weight is 475 g/mol. The third kappa shape index (κ3) is 4.67. The van der Waals surface area contributed by atoms with Crippen molar-refractivity contribution < 1.29 is 4.39 Å². The summed E-state index contributed by atoms with van der Waals surface area (Å²) in [6, 6.07) is 16.7. The zero-order valence-corrected chi connectivity index (χ0v) is 19.5. The number of aromatic nitrogens is 4. The van der Waals surface area contributed by atoms with Crippen molar-refractivity contribution in [3.63, 3.8) is 0 Å². The molecule has 0 radical (unpaired) electrons. The van der Waals surface area contributed by atoms with Crippen LogP contribution in [0.25, 0.3) is 17.2 Å². The normalized spacial score (nSPS) is 14.9. The molecule has 1 N–H and O–H groups in total. The van der Waals surface area contributed by atoms with Crippen LogP contribution in [0.3, 0.4) is 0 Å². The number of H-pyrrole nitrogens is 1. The molecule has 1 aliphatic heterocycles. The van der Waals surface area contributed by atoms with Gasteiger partial charge >= 0.3 is 5.69 Å². The minimum atomic E-state index is -0.528. The molecule has 1 aliphatic rings. The predicted octanol–water partition coefficient (Wildman–Crippen LogP) is 2.45. The molecule has 0 saturated carbocycles. The molecule has 35 heavy (non-hydrogen) atoms. The van der Waals surface area contributed by atoms with E-state index in [4.69, 9.17) is 0 Å². The second kappa shape index (κ2) is 9.71. The Bertz CT molecular complexity index is 1480. The first-order valence-corrected chi connectivity index (χ1v) is 11.6. The van der Waals surface area contributed by atoms with Crippen LogP contribution in [0.15, 0.2) is 70.3 Å². The quantitative estimate of drug-likeness (QED) is 0.465. The zero-order valence-electron chi connectivity index (χ0n) is 19.5. The number of nitrogens with one attached hydrogen (secondary N) is 1. The molecule has 0 unspecified atom stereocenters. The van der Waals surface area contributed by atoms with Crippen molar-refractivity contribution >= 4 is 23.2 Å². The Labute approximate surface area is 201 Å². The molecule has 2 aromatic heterocycles. The lowest BCUT2D eigenvalue weighted by atomic mass is 10.2. The van der Waals surface area contributed by atoms with Crippen LogP contribution in [0.2, 0.25) is 0 Å². The number of piperazine rings is 1. The fraction of sp³-hybridized carbons (Fsp3) is 0.269. The Morgan fingerprint density at radius 3 is 2.46 bits per heavy atom. The lowest BCUT2D eigenvalue weighted by Crippen LogP contribution is -2.47. The second-order valence-corrected chi connectivity index (χ2v) is 8.68. The van der Waals surface area contributed by atoms with Crippen molar-refractivity contribution in [1.29, 1.82) is 0 Å². The molecule has 0 amide bonds. The van der Waals surface area contributed by atoms with Gasteiger partial charge in [0.2, 0.25) is 5.95 Å². The minimum absolute atomic E-state index is 0.139. The first kappa shape index (κ1) is 22.8. The first-order chi connectivity index (χ1) is 17.0. The maximum atomic E-state index is 14.5. The van der Waals surface area contributed by atoms with Gasteiger partial charge in [-0.1, -0.05) is 60.7 Å². The van der Waals surface area contributed by atoms with Gasteiger partial charge in [0.05, 0.1) is 6.54 Å². The second-order valence-electron chi connectivity index (χ2n) is 8.68. The van der Waals surface area contributed by atoms with Crippen LogP contribution in [0.4, 0.5) is 10.3 Å². The van der Waals surface area contributed by atoms with Crippen LogP contribution in [-0.4, -0.2) is 56.7 Å². The number of hydrogen-bond donors (Lipinski definition) is 1. The van der Waals surface area contributed by atoms with Crippen molar-refractivity contribution in [2.24, 2.45) is 7.05 Å². The summed E-state index contributed by atoms with van der Waals surface area (Å²) in [5.41, 5.74) is 1.12. The Morgan fingerprint density at radius 2 is 1.71 bits per heavy atom. The molecular formula is C26H27FN6O2. The summed E-state index contributed by atoms with van der Waals surface area (Å²) in [5.74, 6) is 0.214. The number of fused-ring (bicyclic) bond motifs is 1. The number of benzene rings is 2. The summed E-state index contributed by atoms with van der Waals surface area (Å²) in [4.78, 5) is 36.4. The molecule has 0 atom stereocenters. The zero-order chi connectivity index (χ0) is 24.4. The van der Waals surface area contributed by atoms with E-state index in [1.54, 1.807) is 29.8 Å². The number of aryl methyl sites for hydroxylation is 1. The monoisotopic (exact) mass is 474 g/mol. The highest BCUT2D eigenvalue weighted by Crippen LogP contribution is 2.23. The van der Waals surface area contributed by atoms with Gasteiger partial charge in [-0.15, -0.1) is 0 Å². The van der Waals surface area contributed by atoms with E-state index in [0.29, 0.717) is 30.2 Å². The van der Waals surface area contributed by atoms with Crippen LogP contribution in [-0.2, 0) is 13.6 Å². The van der Waals surface area contributed by atoms with Gasteiger partial charge in [-0.05, 0) is 11.6 Å². The molecule has 1 saturated heterocycles. The van der Waals surface area contributed by atoms with E-state index in [-0.39, 0.29) is 17.9 Å². The van der Waals surface area contributed by atoms with Crippen molar-refractivity contribution in [2.45, 2.75) is 6.54 Å². The molecule has 5 rings (SSSR count). The lowest BCUT2D eigenvalue weighted by Gasteiger charge is -2.35. The number of imidazole rings is 1. The molecule has 0 bridgehead atoms. The fourth-order valence-corrected chi connectivity index (χ4v) is 4.44. The molecule has 3 heterocycles. The van der Waals surface area contributed by atoms with E-state index in [2.05, 4.69) is 44.1 Å². The third-order valence-corrected chi connectivity index (χ3v) is 6.40. The highest BCUT2D eigenvalue weighted by molar-refractivity contribution is 5.74. The summed E-state index contributed by atoms with van der Waals surface area (Å²) in [6.07, 6.45) is 4.28. The van der Waals surface area contributed by atoms with E-state index >= 15 is 0 Å². The van der Waals surface area contributed by atoms with Crippen molar-refractivity contribution in [3.8, 4) is 0 Å². The number of anilines is 1. The number of hydrogen-bond acceptors (Lipinski definition) is 5. The molecule has 0 spiro atoms. The van der Waals surface area contributed by atoms with Crippen molar-refractivity contribution in [3.05, 3.63) is 98.5 Å². The molecule has 8 nitrogen and oxygen atoms in total. The standard InChI is InChI=1S/C26H27FN6O2/c1-30-23-22(24(34)29-26(30)35)33(18-20-11-5-6-12-21(20)27)25(28-23)32-16-14-31(15-17-32)13-7-10-19-8-3-2-4-9-19/h2-12H,13-18H2,1H3,(H,29,34,35)/b10-7-. The van der Waals surface area contributed by atoms with Crippen LogP contribution < -0.4 is 16.1 Å². The highest BCUT2D eigenvalue weighted by Gasteiger charge is 2.25. The van der Waals surface area contributed by atoms with E-state index in [9.17, 15) is 14.0 Å². The number of rotatable bonds is 6. The Hall–Kier alpha value is -3.98. The maximum absolute atomic E-state index is 14.5. The van der Waals surface area contributed by atoms with Gasteiger partial charge in [0.25, 0.3) is 5.56 Å². The SMILES string of the molecule is Cn1c(=O)[nH]c(=O)c2c1nc(N1CCN(C/C=C\c3ccccc3)CC1)n2Cc1ccccc1F. The van der Waals surface area contributed by atoms with E-state index in [1.165, 1.54) is 16.2 Å². The van der Waals surface area contributed by atoms with Gasteiger partial charge in [0, 0.05) is 45.3 Å². The minimum Gasteiger partial charge on any atom is -0.340 e.